The van der Waals surface area contributed by atoms with Crippen LogP contribution >= 0.6 is 0 Å². The summed E-state index contributed by atoms with van der Waals surface area (Å²) < 4.78 is 0. The third-order valence-electron chi connectivity index (χ3n) is 2.87. The zero-order chi connectivity index (χ0) is 12.1. The van der Waals surface area contributed by atoms with Gasteiger partial charge in [-0.05, 0) is 35.6 Å². The second kappa shape index (κ2) is 5.22. The predicted octanol–water partition coefficient (Wildman–Crippen LogP) is 2.64. The monoisotopic (exact) mass is 224 g/mol. The molecule has 0 bridgehead atoms. The van der Waals surface area contributed by atoms with E-state index in [0.29, 0.717) is 6.42 Å². The summed E-state index contributed by atoms with van der Waals surface area (Å²) in [5.74, 6) is 0. The number of nitriles is 1. The maximum Gasteiger partial charge on any atom is 0.146 e. The molecule has 0 radical (unpaired) electrons. The second-order valence-corrected chi connectivity index (χ2v) is 3.91. The van der Waals surface area contributed by atoms with E-state index in [1.165, 1.54) is 0 Å². The average molecular weight is 224 g/mol. The van der Waals surface area contributed by atoms with Crippen molar-refractivity contribution in [1.82, 2.24) is 0 Å². The van der Waals surface area contributed by atoms with Gasteiger partial charge in [-0.25, -0.2) is 0 Å². The highest BCUT2D eigenvalue weighted by molar-refractivity contribution is 5.75. The highest BCUT2D eigenvalue weighted by Crippen LogP contribution is 2.28. The van der Waals surface area contributed by atoms with Gasteiger partial charge in [0, 0.05) is 24.4 Å². The number of carbonyl (C=O) groups excluding carboxylic acids is 1. The van der Waals surface area contributed by atoms with Crippen LogP contribution < -0.4 is 0 Å². The number of carbonyl (C=O) groups is 1. The highest BCUT2D eigenvalue weighted by atomic mass is 16.1. The minimum atomic E-state index is 0.570. The van der Waals surface area contributed by atoms with E-state index in [2.05, 4.69) is 11.1 Å². The zero-order valence-electron chi connectivity index (χ0n) is 9.39. The Balaban J connectivity index is 2.37. The minimum Gasteiger partial charge on any atom is -0.298 e. The van der Waals surface area contributed by atoms with Crippen molar-refractivity contribution in [2.24, 2.45) is 4.99 Å². The zero-order valence-corrected chi connectivity index (χ0v) is 9.39. The Hall–Kier alpha value is -2.21. The Labute approximate surface area is 100 Å². The number of rotatable bonds is 2. The molecule has 0 atom stereocenters. The van der Waals surface area contributed by atoms with Gasteiger partial charge >= 0.3 is 0 Å². The number of aliphatic imine (C=N–C) groups is 1. The molecule has 0 aromatic heterocycles. The molecule has 2 aliphatic rings. The van der Waals surface area contributed by atoms with Gasteiger partial charge in [-0.3, -0.25) is 9.79 Å². The van der Waals surface area contributed by atoms with Crippen LogP contribution in [0.4, 0.5) is 0 Å². The van der Waals surface area contributed by atoms with Crippen LogP contribution in [0.25, 0.3) is 0 Å². The van der Waals surface area contributed by atoms with Gasteiger partial charge in [0.1, 0.15) is 6.29 Å². The summed E-state index contributed by atoms with van der Waals surface area (Å²) >= 11 is 0. The molecular formula is C14H12N2O. The fraction of sp³-hybridized carbons (Fsp3) is 0.214. The number of aldehydes is 1. The van der Waals surface area contributed by atoms with E-state index >= 15 is 0 Å². The van der Waals surface area contributed by atoms with E-state index in [1.54, 1.807) is 12.4 Å². The number of hydrogen-bond donors (Lipinski definition) is 0. The summed E-state index contributed by atoms with van der Waals surface area (Å²) in [6.45, 7) is 0. The van der Waals surface area contributed by atoms with Gasteiger partial charge in [0.05, 0.1) is 6.07 Å². The van der Waals surface area contributed by atoms with Crippen molar-refractivity contribution in [1.29, 1.82) is 5.26 Å². The number of hydrogen-bond acceptors (Lipinski definition) is 3. The first-order valence-electron chi connectivity index (χ1n) is 5.52. The molecule has 0 saturated carbocycles. The average Bonchev–Trinajstić information content (AvgIpc) is 2.64. The fourth-order valence-electron chi connectivity index (χ4n) is 1.92. The van der Waals surface area contributed by atoms with Crippen LogP contribution in [0.3, 0.4) is 0 Å². The molecule has 84 valence electrons. The van der Waals surface area contributed by atoms with Crippen molar-refractivity contribution in [3.8, 4) is 6.07 Å². The molecule has 3 heteroatoms. The van der Waals surface area contributed by atoms with Crippen molar-refractivity contribution in [2.45, 2.75) is 19.3 Å². The van der Waals surface area contributed by atoms with E-state index in [4.69, 9.17) is 5.26 Å². The van der Waals surface area contributed by atoms with E-state index in [-0.39, 0.29) is 0 Å². The lowest BCUT2D eigenvalue weighted by atomic mass is 9.90. The largest absolute Gasteiger partial charge is 0.298 e. The van der Waals surface area contributed by atoms with E-state index in [9.17, 15) is 4.79 Å². The van der Waals surface area contributed by atoms with E-state index < -0.39 is 0 Å². The molecule has 0 amide bonds. The van der Waals surface area contributed by atoms with Crippen LogP contribution in [-0.2, 0) is 4.79 Å². The lowest BCUT2D eigenvalue weighted by molar-refractivity contribution is -0.105. The van der Waals surface area contributed by atoms with Crippen LogP contribution in [0.5, 0.6) is 0 Å². The molecular weight excluding hydrogens is 212 g/mol. The summed E-state index contributed by atoms with van der Waals surface area (Å²) in [5, 5.41) is 9.11. The predicted molar refractivity (Wildman–Crippen MR) is 66.4 cm³/mol. The molecule has 0 N–H and O–H groups in total. The smallest absolute Gasteiger partial charge is 0.146 e. The number of nitrogens with zero attached hydrogens (tertiary/aromatic N) is 2. The van der Waals surface area contributed by atoms with Gasteiger partial charge in [0.15, 0.2) is 0 Å². The van der Waals surface area contributed by atoms with Crippen LogP contribution in [0.15, 0.2) is 51.7 Å². The third kappa shape index (κ3) is 2.48. The van der Waals surface area contributed by atoms with Gasteiger partial charge in [0.2, 0.25) is 0 Å². The van der Waals surface area contributed by atoms with Gasteiger partial charge in [0.25, 0.3) is 0 Å². The molecule has 1 aliphatic heterocycles. The molecule has 0 saturated heterocycles. The standard InChI is InChI=1S/C14H12N2O/c15-9-13-5-7-16-8-6-14(13)12-3-1-11(10-17)2-4-12/h1,3,6-8,10H,2,4-5H2. The lowest BCUT2D eigenvalue weighted by Crippen LogP contribution is -1.99. The Kier molecular flexibility index (Phi) is 3.46. The molecule has 17 heavy (non-hydrogen) atoms. The fourth-order valence-corrected chi connectivity index (χ4v) is 1.92. The molecule has 0 unspecified atom stereocenters. The van der Waals surface area contributed by atoms with Crippen molar-refractivity contribution < 1.29 is 4.79 Å². The van der Waals surface area contributed by atoms with Crippen LogP contribution in [-0.4, -0.2) is 12.5 Å². The highest BCUT2D eigenvalue weighted by Gasteiger charge is 2.13. The van der Waals surface area contributed by atoms with E-state index in [1.807, 2.05) is 18.2 Å². The first-order chi connectivity index (χ1) is 8.35. The van der Waals surface area contributed by atoms with Crippen molar-refractivity contribution >= 4 is 12.5 Å². The lowest BCUT2D eigenvalue weighted by Gasteiger charge is -2.13. The Morgan fingerprint density at radius 2 is 2.24 bits per heavy atom. The second-order valence-electron chi connectivity index (χ2n) is 3.91. The van der Waals surface area contributed by atoms with Crippen LogP contribution in [0, 0.1) is 11.3 Å². The van der Waals surface area contributed by atoms with Crippen molar-refractivity contribution in [3.05, 3.63) is 46.7 Å². The summed E-state index contributed by atoms with van der Waals surface area (Å²) in [4.78, 5) is 14.7. The molecule has 3 nitrogen and oxygen atoms in total. The molecule has 0 spiro atoms. The summed E-state index contributed by atoms with van der Waals surface area (Å²) in [6, 6.07) is 2.22. The number of allylic oxidation sites excluding steroid dienone is 7. The molecule has 1 aliphatic carbocycles. The first kappa shape index (κ1) is 11.3. The molecule has 0 fully saturated rings. The van der Waals surface area contributed by atoms with Crippen LogP contribution in [0.2, 0.25) is 0 Å². The van der Waals surface area contributed by atoms with Crippen LogP contribution in [0.1, 0.15) is 19.3 Å². The first-order valence-corrected chi connectivity index (χ1v) is 5.52. The minimum absolute atomic E-state index is 0.570. The van der Waals surface area contributed by atoms with Crippen molar-refractivity contribution in [2.75, 3.05) is 0 Å². The maximum absolute atomic E-state index is 10.6. The van der Waals surface area contributed by atoms with Crippen molar-refractivity contribution in [3.63, 3.8) is 0 Å². The van der Waals surface area contributed by atoms with Gasteiger partial charge < -0.3 is 0 Å². The maximum atomic E-state index is 10.6. The summed E-state index contributed by atoms with van der Waals surface area (Å²) in [7, 11) is 0. The Morgan fingerprint density at radius 3 is 2.88 bits per heavy atom. The topological polar surface area (TPSA) is 53.2 Å². The Morgan fingerprint density at radius 1 is 1.35 bits per heavy atom. The Bertz CT molecular complexity index is 525. The summed E-state index contributed by atoms with van der Waals surface area (Å²) in [5.41, 5.74) is 3.60. The van der Waals surface area contributed by atoms with Gasteiger partial charge in [-0.1, -0.05) is 12.2 Å². The van der Waals surface area contributed by atoms with Gasteiger partial charge in [-0.15, -0.1) is 0 Å². The quantitative estimate of drug-likeness (QED) is 0.677. The third-order valence-corrected chi connectivity index (χ3v) is 2.87. The molecule has 0 aromatic carbocycles. The summed E-state index contributed by atoms with van der Waals surface area (Å²) in [6.07, 6.45) is 12.1. The molecule has 2 rings (SSSR count). The van der Waals surface area contributed by atoms with Gasteiger partial charge in [-0.2, -0.15) is 5.26 Å². The SMILES string of the molecule is N#CC1=C(C2=CC=C(C=O)CC2)C=CN=CC1. The molecule has 0 aromatic rings. The normalized spacial score (nSPS) is 19.2. The molecule has 1 heterocycles. The van der Waals surface area contributed by atoms with E-state index in [0.717, 1.165) is 41.4 Å².